The molecule has 0 aromatic heterocycles. The number of carbonyl (C=O) groups excluding carboxylic acids is 1. The zero-order chi connectivity index (χ0) is 14.9. The fourth-order valence-electron chi connectivity index (χ4n) is 2.79. The number of nitrogens with zero attached hydrogens (tertiary/aromatic N) is 2. The molecule has 108 valence electrons. The molecule has 20 heavy (non-hydrogen) atoms. The van der Waals surface area contributed by atoms with Crippen LogP contribution in [0.4, 0.5) is 11.4 Å². The van der Waals surface area contributed by atoms with Crippen molar-refractivity contribution in [2.24, 2.45) is 5.92 Å². The van der Waals surface area contributed by atoms with Gasteiger partial charge in [0.05, 0.1) is 4.92 Å². The summed E-state index contributed by atoms with van der Waals surface area (Å²) in [6.45, 7) is 6.68. The molecule has 0 aliphatic carbocycles. The average Bonchev–Trinajstić information content (AvgIpc) is 2.40. The molecule has 5 nitrogen and oxygen atoms in total. The number of carbonyl (C=O) groups is 1. The van der Waals surface area contributed by atoms with E-state index in [1.165, 1.54) is 25.5 Å². The predicted molar refractivity (Wildman–Crippen MR) is 78.3 cm³/mol. The van der Waals surface area contributed by atoms with Crippen LogP contribution >= 0.6 is 0 Å². The standard InChI is InChI=1S/C15H20N2O3/c1-10-4-5-11(2)16(9-10)15-7-6-13(17(19)20)8-14(15)12(3)18/h6-8,10-11H,4-5,9H2,1-3H3. The minimum absolute atomic E-state index is 0.0309. The first kappa shape index (κ1) is 14.5. The van der Waals surface area contributed by atoms with Crippen molar-refractivity contribution in [3.05, 3.63) is 33.9 Å². The van der Waals surface area contributed by atoms with Gasteiger partial charge in [-0.3, -0.25) is 14.9 Å². The third-order valence-corrected chi connectivity index (χ3v) is 4.00. The smallest absolute Gasteiger partial charge is 0.270 e. The first-order chi connectivity index (χ1) is 9.40. The molecule has 1 aromatic carbocycles. The zero-order valence-corrected chi connectivity index (χ0v) is 12.1. The number of hydrogen-bond donors (Lipinski definition) is 0. The molecule has 1 heterocycles. The van der Waals surface area contributed by atoms with Crippen molar-refractivity contribution in [3.63, 3.8) is 0 Å². The van der Waals surface area contributed by atoms with E-state index in [-0.39, 0.29) is 11.5 Å². The molecule has 1 saturated heterocycles. The van der Waals surface area contributed by atoms with Gasteiger partial charge >= 0.3 is 0 Å². The molecule has 2 unspecified atom stereocenters. The first-order valence-corrected chi connectivity index (χ1v) is 6.96. The van der Waals surface area contributed by atoms with Crippen molar-refractivity contribution in [1.29, 1.82) is 0 Å². The molecule has 1 aliphatic rings. The lowest BCUT2D eigenvalue weighted by molar-refractivity contribution is -0.384. The third kappa shape index (κ3) is 2.81. The number of piperidine rings is 1. The van der Waals surface area contributed by atoms with Gasteiger partial charge in [0.2, 0.25) is 0 Å². The van der Waals surface area contributed by atoms with E-state index < -0.39 is 4.92 Å². The molecular weight excluding hydrogens is 256 g/mol. The number of rotatable bonds is 3. The summed E-state index contributed by atoms with van der Waals surface area (Å²) >= 11 is 0. The second kappa shape index (κ2) is 5.61. The van der Waals surface area contributed by atoms with Crippen molar-refractivity contribution < 1.29 is 9.72 Å². The highest BCUT2D eigenvalue weighted by Crippen LogP contribution is 2.32. The number of non-ortho nitro benzene ring substituents is 1. The maximum Gasteiger partial charge on any atom is 0.270 e. The lowest BCUT2D eigenvalue weighted by Gasteiger charge is -2.39. The van der Waals surface area contributed by atoms with Crippen molar-refractivity contribution in [2.75, 3.05) is 11.4 Å². The van der Waals surface area contributed by atoms with Gasteiger partial charge in [-0.2, -0.15) is 0 Å². The molecule has 1 aromatic rings. The summed E-state index contributed by atoms with van der Waals surface area (Å²) < 4.78 is 0. The fraction of sp³-hybridized carbons (Fsp3) is 0.533. The van der Waals surface area contributed by atoms with Crippen LogP contribution in [0.1, 0.15) is 44.0 Å². The van der Waals surface area contributed by atoms with Gasteiger partial charge in [-0.1, -0.05) is 6.92 Å². The SMILES string of the molecule is CC(=O)c1cc([N+](=O)[O-])ccc1N1CC(C)CCC1C. The van der Waals surface area contributed by atoms with E-state index in [0.29, 0.717) is 17.5 Å². The Morgan fingerprint density at radius 1 is 1.35 bits per heavy atom. The summed E-state index contributed by atoms with van der Waals surface area (Å²) in [6, 6.07) is 4.94. The number of nitro groups is 1. The van der Waals surface area contributed by atoms with Crippen LogP contribution in [0.5, 0.6) is 0 Å². The van der Waals surface area contributed by atoms with Crippen LogP contribution in [-0.4, -0.2) is 23.3 Å². The van der Waals surface area contributed by atoms with E-state index in [9.17, 15) is 14.9 Å². The third-order valence-electron chi connectivity index (χ3n) is 4.00. The molecule has 5 heteroatoms. The van der Waals surface area contributed by atoms with Crippen LogP contribution in [0, 0.1) is 16.0 Å². The van der Waals surface area contributed by atoms with Gasteiger partial charge in [0, 0.05) is 36.0 Å². The molecule has 0 saturated carbocycles. The number of benzene rings is 1. The van der Waals surface area contributed by atoms with E-state index in [4.69, 9.17) is 0 Å². The Balaban J connectivity index is 2.44. The normalized spacial score (nSPS) is 22.6. The maximum atomic E-state index is 11.8. The highest BCUT2D eigenvalue weighted by molar-refractivity contribution is 6.00. The monoisotopic (exact) mass is 276 g/mol. The molecule has 1 fully saturated rings. The predicted octanol–water partition coefficient (Wildman–Crippen LogP) is 3.42. The minimum Gasteiger partial charge on any atom is -0.368 e. The van der Waals surface area contributed by atoms with E-state index in [1.807, 2.05) is 0 Å². The van der Waals surface area contributed by atoms with Crippen molar-refractivity contribution in [3.8, 4) is 0 Å². The average molecular weight is 276 g/mol. The summed E-state index contributed by atoms with van der Waals surface area (Å²) in [5, 5.41) is 10.9. The Kier molecular flexibility index (Phi) is 4.06. The van der Waals surface area contributed by atoms with Crippen molar-refractivity contribution >= 4 is 17.2 Å². The summed E-state index contributed by atoms with van der Waals surface area (Å²) in [4.78, 5) is 24.4. The molecular formula is C15H20N2O3. The van der Waals surface area contributed by atoms with Gasteiger partial charge in [-0.05, 0) is 38.7 Å². The molecule has 0 amide bonds. The number of ketones is 1. The zero-order valence-electron chi connectivity index (χ0n) is 12.1. The number of Topliss-reactive ketones (excluding diaryl/α,β-unsaturated/α-hetero) is 1. The first-order valence-electron chi connectivity index (χ1n) is 6.96. The van der Waals surface area contributed by atoms with Crippen LogP contribution < -0.4 is 4.90 Å². The summed E-state index contributed by atoms with van der Waals surface area (Å²) in [6.07, 6.45) is 2.26. The Bertz CT molecular complexity index is 542. The van der Waals surface area contributed by atoms with Gasteiger partial charge in [-0.15, -0.1) is 0 Å². The topological polar surface area (TPSA) is 63.4 Å². The van der Waals surface area contributed by atoms with Gasteiger partial charge in [0.25, 0.3) is 5.69 Å². The second-order valence-corrected chi connectivity index (χ2v) is 5.70. The molecule has 0 radical (unpaired) electrons. The van der Waals surface area contributed by atoms with Crippen molar-refractivity contribution in [2.45, 2.75) is 39.7 Å². The largest absolute Gasteiger partial charge is 0.368 e. The maximum absolute atomic E-state index is 11.8. The second-order valence-electron chi connectivity index (χ2n) is 5.70. The van der Waals surface area contributed by atoms with Crippen LogP contribution in [0.2, 0.25) is 0 Å². The highest BCUT2D eigenvalue weighted by atomic mass is 16.6. The number of anilines is 1. The van der Waals surface area contributed by atoms with E-state index in [1.54, 1.807) is 6.07 Å². The van der Waals surface area contributed by atoms with Crippen molar-refractivity contribution in [1.82, 2.24) is 0 Å². The summed E-state index contributed by atoms with van der Waals surface area (Å²) in [5.41, 5.74) is 1.24. The van der Waals surface area contributed by atoms with Crippen LogP contribution in [0.3, 0.4) is 0 Å². The number of hydrogen-bond acceptors (Lipinski definition) is 4. The number of nitro benzene ring substituents is 1. The lowest BCUT2D eigenvalue weighted by atomic mass is 9.93. The Morgan fingerprint density at radius 2 is 2.05 bits per heavy atom. The highest BCUT2D eigenvalue weighted by Gasteiger charge is 2.26. The van der Waals surface area contributed by atoms with Gasteiger partial charge in [0.1, 0.15) is 0 Å². The van der Waals surface area contributed by atoms with Gasteiger partial charge in [0.15, 0.2) is 5.78 Å². The fourth-order valence-corrected chi connectivity index (χ4v) is 2.79. The Labute approximate surface area is 118 Å². The van der Waals surface area contributed by atoms with E-state index in [2.05, 4.69) is 18.7 Å². The Hall–Kier alpha value is -1.91. The van der Waals surface area contributed by atoms with E-state index in [0.717, 1.165) is 18.7 Å². The molecule has 0 N–H and O–H groups in total. The summed E-state index contributed by atoms with van der Waals surface area (Å²) in [7, 11) is 0. The molecule has 2 atom stereocenters. The van der Waals surface area contributed by atoms with Crippen LogP contribution in [0.15, 0.2) is 18.2 Å². The van der Waals surface area contributed by atoms with E-state index >= 15 is 0 Å². The Morgan fingerprint density at radius 3 is 2.65 bits per heavy atom. The quantitative estimate of drug-likeness (QED) is 0.482. The molecule has 0 bridgehead atoms. The summed E-state index contributed by atoms with van der Waals surface area (Å²) in [5.74, 6) is 0.440. The minimum atomic E-state index is -0.460. The van der Waals surface area contributed by atoms with Crippen LogP contribution in [-0.2, 0) is 0 Å². The van der Waals surface area contributed by atoms with Crippen LogP contribution in [0.25, 0.3) is 0 Å². The molecule has 0 spiro atoms. The van der Waals surface area contributed by atoms with Gasteiger partial charge < -0.3 is 4.90 Å². The lowest BCUT2D eigenvalue weighted by Crippen LogP contribution is -2.41. The van der Waals surface area contributed by atoms with Gasteiger partial charge in [-0.25, -0.2) is 0 Å². The molecule has 1 aliphatic heterocycles. The molecule has 2 rings (SSSR count).